The van der Waals surface area contributed by atoms with Crippen molar-refractivity contribution in [1.82, 2.24) is 30.0 Å². The van der Waals surface area contributed by atoms with Crippen molar-refractivity contribution in [3.05, 3.63) is 52.1 Å². The Morgan fingerprint density at radius 3 is 2.47 bits per heavy atom. The van der Waals surface area contributed by atoms with Crippen LogP contribution in [0, 0.1) is 17.6 Å². The van der Waals surface area contributed by atoms with Gasteiger partial charge in [-0.15, -0.1) is 0 Å². The molecule has 13 nitrogen and oxygen atoms in total. The Morgan fingerprint density at radius 1 is 0.943 bits per heavy atom. The van der Waals surface area contributed by atoms with E-state index in [-0.39, 0.29) is 30.1 Å². The van der Waals surface area contributed by atoms with E-state index in [4.69, 9.17) is 9.47 Å². The van der Waals surface area contributed by atoms with Gasteiger partial charge in [0.15, 0.2) is 5.82 Å². The van der Waals surface area contributed by atoms with Crippen molar-refractivity contribution in [2.24, 2.45) is 13.0 Å². The molecule has 4 aromatic rings. The zero-order valence-electron chi connectivity index (χ0n) is 29.7. The largest absolute Gasteiger partial charge is 0.493 e. The summed E-state index contributed by atoms with van der Waals surface area (Å²) in [4.78, 5) is 50.2. The smallest absolute Gasteiger partial charge is 0.329 e. The van der Waals surface area contributed by atoms with Crippen molar-refractivity contribution in [3.8, 4) is 5.75 Å². The number of nitrogens with zero attached hydrogens (tertiary/aromatic N) is 6. The summed E-state index contributed by atoms with van der Waals surface area (Å²) in [5.74, 6) is 0.799. The minimum absolute atomic E-state index is 0.0473. The molecular formula is C37H44F2N8O5S. The van der Waals surface area contributed by atoms with Gasteiger partial charge in [-0.1, -0.05) is 0 Å². The van der Waals surface area contributed by atoms with E-state index < -0.39 is 17.4 Å². The summed E-state index contributed by atoms with van der Waals surface area (Å²) in [5, 5.41) is 7.75. The number of carbonyl (C=O) groups excluding carboxylic acids is 2. The highest BCUT2D eigenvalue weighted by atomic mass is 32.2. The number of ether oxygens (including phenoxy) is 2. The highest BCUT2D eigenvalue weighted by Gasteiger charge is 2.32. The summed E-state index contributed by atoms with van der Waals surface area (Å²) in [6, 6.07) is 6.06. The molecule has 282 valence electrons. The summed E-state index contributed by atoms with van der Waals surface area (Å²) in [6.07, 6.45) is 5.84. The van der Waals surface area contributed by atoms with E-state index in [1.165, 1.54) is 17.0 Å². The highest BCUT2D eigenvalue weighted by Crippen LogP contribution is 2.35. The minimum atomic E-state index is -0.633. The van der Waals surface area contributed by atoms with Crippen LogP contribution < -0.4 is 25.4 Å². The first-order valence-corrected chi connectivity index (χ1v) is 19.6. The van der Waals surface area contributed by atoms with Crippen molar-refractivity contribution in [2.45, 2.75) is 62.0 Å². The van der Waals surface area contributed by atoms with Gasteiger partial charge < -0.3 is 24.3 Å². The predicted molar refractivity (Wildman–Crippen MR) is 199 cm³/mol. The number of H-pyrrole nitrogens is 1. The van der Waals surface area contributed by atoms with Crippen LogP contribution in [0.4, 0.5) is 25.1 Å². The van der Waals surface area contributed by atoms with Crippen LogP contribution in [-0.4, -0.2) is 100 Å². The number of hydrogen-bond donors (Lipinski definition) is 2. The molecule has 4 fully saturated rings. The number of fused-ring (bicyclic) bond motifs is 2. The number of aromatic nitrogens is 4. The molecule has 0 spiro atoms. The molecule has 0 saturated carbocycles. The molecule has 0 bridgehead atoms. The third kappa shape index (κ3) is 7.58. The van der Waals surface area contributed by atoms with E-state index >= 15 is 8.78 Å². The van der Waals surface area contributed by atoms with Crippen LogP contribution in [-0.2, 0) is 22.3 Å². The molecule has 2 N–H and O–H groups in total. The molecule has 53 heavy (non-hydrogen) atoms. The fourth-order valence-corrected chi connectivity index (χ4v) is 9.12. The number of amides is 3. The average Bonchev–Trinajstić information content (AvgIpc) is 3.47. The molecule has 2 aromatic heterocycles. The SMILES string of the molecule is Cn1nc(N2CCC(=O)NC2=O)c2cc(F)c(N3CCC(N4CCC(COc5cc(F)c6c(=O)[nH]c(CSC7CCOCC7)nc6c5)CC4)CC3)cc21. The number of hydrogen-bond acceptors (Lipinski definition) is 10. The van der Waals surface area contributed by atoms with Gasteiger partial charge in [-0.25, -0.2) is 18.6 Å². The van der Waals surface area contributed by atoms with Crippen molar-refractivity contribution in [2.75, 3.05) is 62.3 Å². The van der Waals surface area contributed by atoms with Crippen molar-refractivity contribution >= 4 is 57.0 Å². The monoisotopic (exact) mass is 750 g/mol. The number of piperidine rings is 2. The number of thioether (sulfide) groups is 1. The second-order valence-electron chi connectivity index (χ2n) is 14.5. The molecule has 0 unspecified atom stereocenters. The first-order valence-electron chi connectivity index (χ1n) is 18.5. The zero-order valence-corrected chi connectivity index (χ0v) is 30.6. The van der Waals surface area contributed by atoms with E-state index in [1.54, 1.807) is 29.6 Å². The Balaban J connectivity index is 0.837. The van der Waals surface area contributed by atoms with Crippen LogP contribution in [0.2, 0.25) is 0 Å². The molecule has 3 amide bonds. The molecule has 2 aromatic carbocycles. The maximum atomic E-state index is 15.6. The highest BCUT2D eigenvalue weighted by molar-refractivity contribution is 7.99. The second-order valence-corrected chi connectivity index (χ2v) is 15.8. The molecule has 0 radical (unpaired) electrons. The molecule has 0 atom stereocenters. The number of aromatic amines is 1. The van der Waals surface area contributed by atoms with Crippen LogP contribution in [0.15, 0.2) is 29.1 Å². The van der Waals surface area contributed by atoms with Gasteiger partial charge in [0.1, 0.15) is 28.6 Å². The number of rotatable bonds is 9. The second kappa shape index (κ2) is 15.2. The maximum Gasteiger partial charge on any atom is 0.329 e. The van der Waals surface area contributed by atoms with Gasteiger partial charge in [0.05, 0.1) is 29.1 Å². The molecule has 16 heteroatoms. The normalized spacial score (nSPS) is 20.1. The molecule has 8 rings (SSSR count). The van der Waals surface area contributed by atoms with Crippen LogP contribution in [0.3, 0.4) is 0 Å². The summed E-state index contributed by atoms with van der Waals surface area (Å²) < 4.78 is 43.9. The third-order valence-electron chi connectivity index (χ3n) is 11.1. The standard InChI is InChI=1S/C37H44F2N8O5S/c1-44-30-19-31(27(38)18-26(30)35(43-44)47-13-6-33(48)42-37(47)50)46-11-4-23(5-12-46)45-9-2-22(3-10-45)20-52-24-16-28(39)34-29(17-24)40-32(41-36(34)49)21-53-25-7-14-51-15-8-25/h16-19,22-23,25H,2-15,20-21H2,1H3,(H,40,41,49)(H,42,48,50). The summed E-state index contributed by atoms with van der Waals surface area (Å²) in [6.45, 7) is 5.46. The Labute approximate surface area is 309 Å². The first-order chi connectivity index (χ1) is 25.7. The number of carbonyl (C=O) groups is 2. The number of nitrogens with one attached hydrogen (secondary N) is 2. The van der Waals surface area contributed by atoms with Gasteiger partial charge >= 0.3 is 6.03 Å². The lowest BCUT2D eigenvalue weighted by atomic mass is 9.94. The summed E-state index contributed by atoms with van der Waals surface area (Å²) in [5.41, 5.74) is 1.07. The quantitative estimate of drug-likeness (QED) is 0.248. The molecule has 6 heterocycles. The Hall–Kier alpha value is -4.28. The van der Waals surface area contributed by atoms with Crippen LogP contribution in [0.25, 0.3) is 21.8 Å². The number of imide groups is 1. The first kappa shape index (κ1) is 35.7. The Bertz CT molecular complexity index is 2070. The van der Waals surface area contributed by atoms with Gasteiger partial charge in [-0.2, -0.15) is 16.9 Å². The zero-order chi connectivity index (χ0) is 36.6. The number of benzene rings is 2. The fraction of sp³-hybridized carbons (Fsp3) is 0.541. The van der Waals surface area contributed by atoms with Gasteiger partial charge in [-0.3, -0.25) is 24.5 Å². The lowest BCUT2D eigenvalue weighted by molar-refractivity contribution is -0.120. The predicted octanol–water partition coefficient (Wildman–Crippen LogP) is 4.71. The fourth-order valence-electron chi connectivity index (χ4n) is 8.07. The van der Waals surface area contributed by atoms with E-state index in [9.17, 15) is 14.4 Å². The van der Waals surface area contributed by atoms with E-state index in [0.29, 0.717) is 69.1 Å². The van der Waals surface area contributed by atoms with Crippen molar-refractivity contribution in [3.63, 3.8) is 0 Å². The molecule has 4 aliphatic rings. The summed E-state index contributed by atoms with van der Waals surface area (Å²) in [7, 11) is 1.77. The van der Waals surface area contributed by atoms with E-state index in [1.807, 2.05) is 6.07 Å². The minimum Gasteiger partial charge on any atom is -0.493 e. The van der Waals surface area contributed by atoms with Gasteiger partial charge in [0, 0.05) is 75.1 Å². The number of aryl methyl sites for hydroxylation is 1. The molecule has 0 aliphatic carbocycles. The topological polar surface area (TPSA) is 138 Å². The number of likely N-dealkylation sites (tertiary alicyclic amines) is 1. The number of halogens is 2. The van der Waals surface area contributed by atoms with Crippen LogP contribution in [0.1, 0.15) is 50.8 Å². The lowest BCUT2D eigenvalue weighted by Gasteiger charge is -2.42. The van der Waals surface area contributed by atoms with E-state index in [2.05, 4.69) is 30.2 Å². The Morgan fingerprint density at radius 2 is 1.72 bits per heavy atom. The van der Waals surface area contributed by atoms with Crippen LogP contribution in [0.5, 0.6) is 5.75 Å². The lowest BCUT2D eigenvalue weighted by Crippen LogP contribution is -2.49. The average molecular weight is 751 g/mol. The number of anilines is 2. The molecule has 4 aliphatic heterocycles. The van der Waals surface area contributed by atoms with Gasteiger partial charge in [-0.05, 0) is 69.7 Å². The molecule has 4 saturated heterocycles. The van der Waals surface area contributed by atoms with Crippen LogP contribution >= 0.6 is 11.8 Å². The Kier molecular flexibility index (Phi) is 10.3. The number of urea groups is 1. The van der Waals surface area contributed by atoms with E-state index in [0.717, 1.165) is 77.9 Å². The van der Waals surface area contributed by atoms with Gasteiger partial charge in [0.2, 0.25) is 5.91 Å². The maximum absolute atomic E-state index is 15.6. The summed E-state index contributed by atoms with van der Waals surface area (Å²) >= 11 is 1.74. The van der Waals surface area contributed by atoms with Crippen molar-refractivity contribution < 1.29 is 27.8 Å². The molecular weight excluding hydrogens is 707 g/mol. The van der Waals surface area contributed by atoms with Gasteiger partial charge in [0.25, 0.3) is 5.56 Å². The van der Waals surface area contributed by atoms with Crippen molar-refractivity contribution in [1.29, 1.82) is 0 Å². The third-order valence-corrected chi connectivity index (χ3v) is 12.5.